The van der Waals surface area contributed by atoms with Crippen LogP contribution in [0.5, 0.6) is 0 Å². The number of anilines is 2. The molecule has 3 heterocycles. The highest BCUT2D eigenvalue weighted by atomic mass is 15.2. The minimum absolute atomic E-state index is 0.462. The SMILES string of the molecule is Nc1ccnc(CNc2ccnc3nccn23)n1. The van der Waals surface area contributed by atoms with E-state index in [0.717, 1.165) is 5.82 Å². The zero-order chi connectivity index (χ0) is 12.4. The number of imidazole rings is 1. The Morgan fingerprint density at radius 2 is 1.94 bits per heavy atom. The van der Waals surface area contributed by atoms with Gasteiger partial charge in [-0.15, -0.1) is 0 Å². The Morgan fingerprint density at radius 1 is 1.11 bits per heavy atom. The minimum Gasteiger partial charge on any atom is -0.384 e. The van der Waals surface area contributed by atoms with Gasteiger partial charge in [0.05, 0.1) is 6.54 Å². The van der Waals surface area contributed by atoms with Crippen molar-refractivity contribution in [2.75, 3.05) is 11.1 Å². The number of nitrogens with one attached hydrogen (secondary N) is 1. The summed E-state index contributed by atoms with van der Waals surface area (Å²) in [5.41, 5.74) is 5.60. The molecule has 0 bridgehead atoms. The molecule has 90 valence electrons. The number of nitrogens with zero attached hydrogens (tertiary/aromatic N) is 5. The van der Waals surface area contributed by atoms with Gasteiger partial charge in [0.25, 0.3) is 0 Å². The third-order valence-electron chi connectivity index (χ3n) is 2.46. The third kappa shape index (κ3) is 1.93. The molecule has 0 atom stereocenters. The lowest BCUT2D eigenvalue weighted by Crippen LogP contribution is -2.08. The van der Waals surface area contributed by atoms with E-state index in [2.05, 4.69) is 25.3 Å². The van der Waals surface area contributed by atoms with Crippen molar-refractivity contribution in [2.24, 2.45) is 0 Å². The lowest BCUT2D eigenvalue weighted by molar-refractivity contribution is 0.936. The Kier molecular flexibility index (Phi) is 2.49. The normalized spacial score (nSPS) is 10.7. The van der Waals surface area contributed by atoms with Crippen LogP contribution in [0.4, 0.5) is 11.6 Å². The van der Waals surface area contributed by atoms with Gasteiger partial charge in [0.2, 0.25) is 5.78 Å². The average Bonchev–Trinajstić information content (AvgIpc) is 2.85. The predicted octanol–water partition coefficient (Wildman–Crippen LogP) is 0.714. The Hall–Kier alpha value is -2.70. The maximum atomic E-state index is 5.60. The number of nitrogen functional groups attached to an aromatic ring is 1. The number of nitrogens with two attached hydrogens (primary N) is 1. The van der Waals surface area contributed by atoms with E-state index in [1.54, 1.807) is 24.7 Å². The van der Waals surface area contributed by atoms with E-state index >= 15 is 0 Å². The van der Waals surface area contributed by atoms with Gasteiger partial charge in [0.15, 0.2) is 0 Å². The van der Waals surface area contributed by atoms with E-state index in [1.165, 1.54) is 0 Å². The molecule has 0 saturated heterocycles. The quantitative estimate of drug-likeness (QED) is 0.701. The van der Waals surface area contributed by atoms with Crippen LogP contribution in [-0.2, 0) is 6.54 Å². The summed E-state index contributed by atoms with van der Waals surface area (Å²) in [7, 11) is 0. The first-order valence-corrected chi connectivity index (χ1v) is 5.42. The van der Waals surface area contributed by atoms with E-state index in [4.69, 9.17) is 5.73 Å². The van der Waals surface area contributed by atoms with Crippen LogP contribution < -0.4 is 11.1 Å². The highest BCUT2D eigenvalue weighted by Crippen LogP contribution is 2.09. The van der Waals surface area contributed by atoms with Crippen molar-refractivity contribution in [3.63, 3.8) is 0 Å². The molecular formula is C11H11N7. The third-order valence-corrected chi connectivity index (χ3v) is 2.46. The number of fused-ring (bicyclic) bond motifs is 1. The monoisotopic (exact) mass is 241 g/mol. The highest BCUT2D eigenvalue weighted by Gasteiger charge is 2.02. The van der Waals surface area contributed by atoms with Crippen molar-refractivity contribution >= 4 is 17.4 Å². The fraction of sp³-hybridized carbons (Fsp3) is 0.0909. The molecule has 3 aromatic rings. The Morgan fingerprint density at radius 3 is 2.83 bits per heavy atom. The second-order valence-corrected chi connectivity index (χ2v) is 3.68. The Balaban J connectivity index is 1.83. The summed E-state index contributed by atoms with van der Waals surface area (Å²) < 4.78 is 1.85. The predicted molar refractivity (Wildman–Crippen MR) is 66.8 cm³/mol. The van der Waals surface area contributed by atoms with Crippen molar-refractivity contribution in [1.29, 1.82) is 0 Å². The van der Waals surface area contributed by atoms with Gasteiger partial charge in [0.1, 0.15) is 17.5 Å². The second kappa shape index (κ2) is 4.28. The summed E-state index contributed by atoms with van der Waals surface area (Å²) in [5.74, 6) is 2.63. The van der Waals surface area contributed by atoms with Crippen LogP contribution in [0.25, 0.3) is 5.78 Å². The van der Waals surface area contributed by atoms with Gasteiger partial charge in [-0.1, -0.05) is 0 Å². The lowest BCUT2D eigenvalue weighted by atomic mass is 10.5. The molecule has 7 nitrogen and oxygen atoms in total. The van der Waals surface area contributed by atoms with Crippen LogP contribution in [0.2, 0.25) is 0 Å². The molecule has 0 aliphatic rings. The van der Waals surface area contributed by atoms with Gasteiger partial charge in [-0.05, 0) is 12.1 Å². The molecule has 0 fully saturated rings. The molecule has 0 aliphatic heterocycles. The highest BCUT2D eigenvalue weighted by molar-refractivity contribution is 5.44. The lowest BCUT2D eigenvalue weighted by Gasteiger charge is -2.07. The van der Waals surface area contributed by atoms with E-state index < -0.39 is 0 Å². The molecule has 0 unspecified atom stereocenters. The molecular weight excluding hydrogens is 230 g/mol. The maximum Gasteiger partial charge on any atom is 0.235 e. The first kappa shape index (κ1) is 10.5. The molecule has 0 amide bonds. The van der Waals surface area contributed by atoms with Crippen molar-refractivity contribution in [1.82, 2.24) is 24.3 Å². The van der Waals surface area contributed by atoms with Crippen LogP contribution in [0.3, 0.4) is 0 Å². The zero-order valence-electron chi connectivity index (χ0n) is 9.48. The van der Waals surface area contributed by atoms with Gasteiger partial charge < -0.3 is 11.1 Å². The van der Waals surface area contributed by atoms with Gasteiger partial charge in [-0.3, -0.25) is 4.40 Å². The number of rotatable bonds is 3. The summed E-state index contributed by atoms with van der Waals surface area (Å²) in [6, 6.07) is 3.52. The molecule has 0 spiro atoms. The van der Waals surface area contributed by atoms with E-state index in [0.29, 0.717) is 24.0 Å². The first-order chi connectivity index (χ1) is 8.83. The molecule has 7 heteroatoms. The summed E-state index contributed by atoms with van der Waals surface area (Å²) in [6.07, 6.45) is 6.87. The molecule has 3 rings (SSSR count). The molecule has 18 heavy (non-hydrogen) atoms. The number of hydrogen-bond donors (Lipinski definition) is 2. The topological polar surface area (TPSA) is 94.0 Å². The van der Waals surface area contributed by atoms with Crippen LogP contribution in [0.1, 0.15) is 5.82 Å². The molecule has 0 aliphatic carbocycles. The van der Waals surface area contributed by atoms with E-state index in [9.17, 15) is 0 Å². The van der Waals surface area contributed by atoms with Gasteiger partial charge in [-0.25, -0.2) is 19.9 Å². The van der Waals surface area contributed by atoms with E-state index in [1.807, 2.05) is 16.7 Å². The number of aromatic nitrogens is 5. The Labute approximate surface area is 103 Å². The van der Waals surface area contributed by atoms with Gasteiger partial charge in [0, 0.05) is 24.8 Å². The fourth-order valence-electron chi connectivity index (χ4n) is 1.65. The van der Waals surface area contributed by atoms with E-state index in [-0.39, 0.29) is 0 Å². The summed E-state index contributed by atoms with van der Waals surface area (Å²) in [4.78, 5) is 16.5. The second-order valence-electron chi connectivity index (χ2n) is 3.68. The molecule has 0 aromatic carbocycles. The Bertz CT molecular complexity index is 676. The molecule has 3 N–H and O–H groups in total. The standard InChI is InChI=1S/C11H11N7/c12-8-1-3-13-9(17-8)7-16-10-2-4-14-11-15-5-6-18(10)11/h1-6,16H,7H2,(H2,12,13,17). The minimum atomic E-state index is 0.462. The van der Waals surface area contributed by atoms with Crippen molar-refractivity contribution in [2.45, 2.75) is 6.54 Å². The zero-order valence-corrected chi connectivity index (χ0v) is 9.48. The smallest absolute Gasteiger partial charge is 0.235 e. The summed E-state index contributed by atoms with van der Waals surface area (Å²) in [6.45, 7) is 0.488. The van der Waals surface area contributed by atoms with Crippen molar-refractivity contribution < 1.29 is 0 Å². The maximum absolute atomic E-state index is 5.60. The van der Waals surface area contributed by atoms with Crippen LogP contribution in [0.15, 0.2) is 36.9 Å². The molecule has 0 saturated carbocycles. The number of hydrogen-bond acceptors (Lipinski definition) is 6. The first-order valence-electron chi connectivity index (χ1n) is 5.42. The van der Waals surface area contributed by atoms with Gasteiger partial charge >= 0.3 is 0 Å². The van der Waals surface area contributed by atoms with Crippen LogP contribution in [-0.4, -0.2) is 24.3 Å². The fourth-order valence-corrected chi connectivity index (χ4v) is 1.65. The van der Waals surface area contributed by atoms with Crippen molar-refractivity contribution in [3.8, 4) is 0 Å². The van der Waals surface area contributed by atoms with Crippen LogP contribution in [0, 0.1) is 0 Å². The van der Waals surface area contributed by atoms with Crippen LogP contribution >= 0.6 is 0 Å². The average molecular weight is 241 g/mol. The molecule has 3 aromatic heterocycles. The van der Waals surface area contributed by atoms with Gasteiger partial charge in [-0.2, -0.15) is 0 Å². The summed E-state index contributed by atoms with van der Waals surface area (Å²) >= 11 is 0. The molecule has 0 radical (unpaired) electrons. The largest absolute Gasteiger partial charge is 0.384 e. The van der Waals surface area contributed by atoms with Crippen molar-refractivity contribution in [3.05, 3.63) is 42.7 Å². The summed E-state index contributed by atoms with van der Waals surface area (Å²) in [5, 5.41) is 3.22.